The number of hydrogen-bond acceptors (Lipinski definition) is 0. The van der Waals surface area contributed by atoms with Crippen LogP contribution in [0.1, 0.15) is 11.1 Å². The van der Waals surface area contributed by atoms with Gasteiger partial charge in [-0.1, -0.05) is 24.3 Å². The van der Waals surface area contributed by atoms with Crippen molar-refractivity contribution in [2.24, 2.45) is 0 Å². The van der Waals surface area contributed by atoms with Crippen molar-refractivity contribution >= 4 is 31.9 Å². The van der Waals surface area contributed by atoms with Gasteiger partial charge in [-0.15, -0.1) is 0 Å². The van der Waals surface area contributed by atoms with Crippen LogP contribution in [0, 0.1) is 0 Å². The van der Waals surface area contributed by atoms with Crippen LogP contribution in [0.4, 0.5) is 0 Å². The zero-order chi connectivity index (χ0) is 10.4. The zero-order valence-electron chi connectivity index (χ0n) is 7.93. The lowest BCUT2D eigenvalue weighted by atomic mass is 10.1. The molecule has 1 aliphatic carbocycles. The second-order valence-corrected chi connectivity index (χ2v) is 5.47. The third kappa shape index (κ3) is 1.47. The van der Waals surface area contributed by atoms with Crippen LogP contribution in [0.5, 0.6) is 0 Å². The van der Waals surface area contributed by atoms with E-state index in [2.05, 4.69) is 68.3 Å². The van der Waals surface area contributed by atoms with Gasteiger partial charge in [0.1, 0.15) is 0 Å². The molecule has 0 spiro atoms. The molecule has 74 valence electrons. The molecule has 2 aromatic carbocycles. The van der Waals surface area contributed by atoms with Crippen LogP contribution in [0.3, 0.4) is 0 Å². The monoisotopic (exact) mass is 322 g/mol. The lowest BCUT2D eigenvalue weighted by Gasteiger charge is -2.03. The molecule has 0 aliphatic heterocycles. The van der Waals surface area contributed by atoms with Gasteiger partial charge in [0.25, 0.3) is 0 Å². The molecule has 0 nitrogen and oxygen atoms in total. The Morgan fingerprint density at radius 2 is 1.53 bits per heavy atom. The first-order valence-corrected chi connectivity index (χ1v) is 6.40. The van der Waals surface area contributed by atoms with Gasteiger partial charge in [0.05, 0.1) is 0 Å². The summed E-state index contributed by atoms with van der Waals surface area (Å²) < 4.78 is 2.26. The summed E-state index contributed by atoms with van der Waals surface area (Å²) in [6.45, 7) is 0. The summed E-state index contributed by atoms with van der Waals surface area (Å²) in [6.07, 6.45) is 1.05. The number of fused-ring (bicyclic) bond motifs is 3. The Morgan fingerprint density at radius 3 is 2.40 bits per heavy atom. The van der Waals surface area contributed by atoms with Gasteiger partial charge in [0.2, 0.25) is 0 Å². The first-order valence-electron chi connectivity index (χ1n) is 4.82. The molecule has 0 N–H and O–H groups in total. The van der Waals surface area contributed by atoms with E-state index in [9.17, 15) is 0 Å². The number of rotatable bonds is 0. The van der Waals surface area contributed by atoms with E-state index in [-0.39, 0.29) is 0 Å². The van der Waals surface area contributed by atoms with E-state index in [1.807, 2.05) is 0 Å². The molecule has 1 aliphatic rings. The van der Waals surface area contributed by atoms with Gasteiger partial charge in [0.15, 0.2) is 0 Å². The van der Waals surface area contributed by atoms with E-state index < -0.39 is 0 Å². The van der Waals surface area contributed by atoms with E-state index in [0.29, 0.717) is 0 Å². The minimum Gasteiger partial charge on any atom is -0.0619 e. The second-order valence-electron chi connectivity index (χ2n) is 3.76. The minimum absolute atomic E-state index is 1.05. The molecule has 0 aromatic heterocycles. The van der Waals surface area contributed by atoms with Crippen LogP contribution in [0.25, 0.3) is 11.1 Å². The predicted molar refractivity (Wildman–Crippen MR) is 70.1 cm³/mol. The van der Waals surface area contributed by atoms with Crippen LogP contribution >= 0.6 is 31.9 Å². The van der Waals surface area contributed by atoms with Gasteiger partial charge in [-0.05, 0) is 72.7 Å². The Kier molecular flexibility index (Phi) is 2.22. The maximum atomic E-state index is 3.55. The molecule has 2 aromatic rings. The van der Waals surface area contributed by atoms with E-state index in [1.165, 1.54) is 22.3 Å². The highest BCUT2D eigenvalue weighted by atomic mass is 79.9. The molecular formula is C13H8Br2. The summed E-state index contributed by atoms with van der Waals surface area (Å²) in [5.41, 5.74) is 5.57. The third-order valence-corrected chi connectivity index (χ3v) is 4.68. The van der Waals surface area contributed by atoms with Crippen molar-refractivity contribution in [3.05, 3.63) is 56.5 Å². The SMILES string of the molecule is Brc1cc2c(cc1Br)-c1ccccc1C2. The topological polar surface area (TPSA) is 0 Å². The molecule has 0 radical (unpaired) electrons. The van der Waals surface area contributed by atoms with Gasteiger partial charge >= 0.3 is 0 Å². The van der Waals surface area contributed by atoms with Crippen molar-refractivity contribution < 1.29 is 0 Å². The van der Waals surface area contributed by atoms with Gasteiger partial charge in [0, 0.05) is 8.95 Å². The summed E-state index contributed by atoms with van der Waals surface area (Å²) >= 11 is 7.10. The smallest absolute Gasteiger partial charge is 0.0323 e. The highest BCUT2D eigenvalue weighted by Crippen LogP contribution is 2.40. The van der Waals surface area contributed by atoms with E-state index >= 15 is 0 Å². The van der Waals surface area contributed by atoms with Crippen molar-refractivity contribution in [1.82, 2.24) is 0 Å². The van der Waals surface area contributed by atoms with Crippen molar-refractivity contribution in [2.75, 3.05) is 0 Å². The average molecular weight is 324 g/mol. The predicted octanol–water partition coefficient (Wildman–Crippen LogP) is 4.78. The maximum absolute atomic E-state index is 3.55. The largest absolute Gasteiger partial charge is 0.0619 e. The standard InChI is InChI=1S/C13H8Br2/c14-12-6-9-5-8-3-1-2-4-10(8)11(9)7-13(12)15/h1-4,6-7H,5H2. The Balaban J connectivity index is 2.29. The van der Waals surface area contributed by atoms with Crippen LogP contribution < -0.4 is 0 Å². The van der Waals surface area contributed by atoms with Crippen molar-refractivity contribution in [2.45, 2.75) is 6.42 Å². The fraction of sp³-hybridized carbons (Fsp3) is 0.0769. The summed E-state index contributed by atoms with van der Waals surface area (Å²) in [5.74, 6) is 0. The number of hydrogen-bond donors (Lipinski definition) is 0. The highest BCUT2D eigenvalue weighted by Gasteiger charge is 2.18. The lowest BCUT2D eigenvalue weighted by molar-refractivity contribution is 1.26. The van der Waals surface area contributed by atoms with Gasteiger partial charge < -0.3 is 0 Å². The molecule has 0 fully saturated rings. The molecule has 0 bridgehead atoms. The fourth-order valence-electron chi connectivity index (χ4n) is 2.13. The summed E-state index contributed by atoms with van der Waals surface area (Å²) in [6, 6.07) is 13.0. The minimum atomic E-state index is 1.05. The molecule has 2 heteroatoms. The molecule has 0 amide bonds. The third-order valence-electron chi connectivity index (χ3n) is 2.83. The average Bonchev–Trinajstić information content (AvgIpc) is 2.57. The molecule has 0 heterocycles. The quantitative estimate of drug-likeness (QED) is 0.558. The van der Waals surface area contributed by atoms with Crippen molar-refractivity contribution in [3.63, 3.8) is 0 Å². The Morgan fingerprint density at radius 1 is 0.800 bits per heavy atom. The lowest BCUT2D eigenvalue weighted by Crippen LogP contribution is -1.80. The second kappa shape index (κ2) is 3.46. The molecule has 0 saturated carbocycles. The van der Waals surface area contributed by atoms with E-state index in [1.54, 1.807) is 0 Å². The maximum Gasteiger partial charge on any atom is 0.0323 e. The number of benzene rings is 2. The Labute approximate surface area is 106 Å². The van der Waals surface area contributed by atoms with Crippen molar-refractivity contribution in [3.8, 4) is 11.1 Å². The van der Waals surface area contributed by atoms with E-state index in [0.717, 1.165) is 15.4 Å². The highest BCUT2D eigenvalue weighted by molar-refractivity contribution is 9.13. The first-order chi connectivity index (χ1) is 7.25. The molecule has 15 heavy (non-hydrogen) atoms. The van der Waals surface area contributed by atoms with Crippen LogP contribution in [-0.2, 0) is 6.42 Å². The summed E-state index contributed by atoms with van der Waals surface area (Å²) in [5, 5.41) is 0. The molecule has 0 unspecified atom stereocenters. The molecule has 0 saturated heterocycles. The molecule has 0 atom stereocenters. The number of halogens is 2. The molecule has 3 rings (SSSR count). The van der Waals surface area contributed by atoms with Gasteiger partial charge in [-0.2, -0.15) is 0 Å². The normalized spacial score (nSPS) is 12.4. The fourth-order valence-corrected chi connectivity index (χ4v) is 2.86. The van der Waals surface area contributed by atoms with E-state index in [4.69, 9.17) is 0 Å². The van der Waals surface area contributed by atoms with Gasteiger partial charge in [-0.3, -0.25) is 0 Å². The summed E-state index contributed by atoms with van der Waals surface area (Å²) in [7, 11) is 0. The van der Waals surface area contributed by atoms with Gasteiger partial charge in [-0.25, -0.2) is 0 Å². The summed E-state index contributed by atoms with van der Waals surface area (Å²) in [4.78, 5) is 0. The first kappa shape index (κ1) is 9.61. The van der Waals surface area contributed by atoms with Crippen molar-refractivity contribution in [1.29, 1.82) is 0 Å². The van der Waals surface area contributed by atoms with Crippen LogP contribution in [-0.4, -0.2) is 0 Å². The Bertz CT molecular complexity index is 544. The Hall–Kier alpha value is -0.600. The van der Waals surface area contributed by atoms with Crippen LogP contribution in [0.15, 0.2) is 45.3 Å². The molecular weight excluding hydrogens is 316 g/mol. The van der Waals surface area contributed by atoms with Crippen LogP contribution in [0.2, 0.25) is 0 Å². The zero-order valence-corrected chi connectivity index (χ0v) is 11.1.